The minimum absolute atomic E-state index is 0.308. The van der Waals surface area contributed by atoms with Crippen molar-refractivity contribution in [2.45, 2.75) is 18.8 Å². The molecule has 1 N–H and O–H groups in total. The molecule has 5 heteroatoms. The Kier molecular flexibility index (Phi) is 3.03. The number of fused-ring (bicyclic) bond motifs is 1. The summed E-state index contributed by atoms with van der Waals surface area (Å²) < 4.78 is 29.0. The Morgan fingerprint density at radius 1 is 1.28 bits per heavy atom. The molecule has 18 heavy (non-hydrogen) atoms. The largest absolute Gasteiger partial charge is 0.458 e. The monoisotopic (exact) mass is 252 g/mol. The van der Waals surface area contributed by atoms with Crippen molar-refractivity contribution in [2.75, 3.05) is 13.2 Å². The second-order valence-electron chi connectivity index (χ2n) is 4.25. The summed E-state index contributed by atoms with van der Waals surface area (Å²) in [5.74, 6) is 0.0708. The van der Waals surface area contributed by atoms with Crippen molar-refractivity contribution in [1.82, 2.24) is 0 Å². The van der Waals surface area contributed by atoms with E-state index in [-0.39, 0.29) is 5.82 Å². The Labute approximate surface area is 103 Å². The van der Waals surface area contributed by atoms with Gasteiger partial charge in [-0.3, -0.25) is 0 Å². The summed E-state index contributed by atoms with van der Waals surface area (Å²) in [7, 11) is 0. The number of rotatable bonds is 3. The van der Waals surface area contributed by atoms with E-state index in [1.54, 1.807) is 12.1 Å². The summed E-state index contributed by atoms with van der Waals surface area (Å²) in [6.45, 7) is 1.09. The predicted octanol–water partition coefficient (Wildman–Crippen LogP) is 2.37. The summed E-state index contributed by atoms with van der Waals surface area (Å²) in [5, 5.41) is 10.6. The highest BCUT2D eigenvalue weighted by molar-refractivity contribution is 5.77. The SMILES string of the molecule is OC(CC1OCCO1)c1cc2cc(F)ccc2o1. The van der Waals surface area contributed by atoms with E-state index in [0.29, 0.717) is 36.4 Å². The number of halogens is 1. The van der Waals surface area contributed by atoms with Gasteiger partial charge in [-0.2, -0.15) is 0 Å². The standard InChI is InChI=1S/C13H13FO4/c14-9-1-2-11-8(5-9)6-12(18-11)10(15)7-13-16-3-4-17-13/h1-2,5-6,10,13,15H,3-4,7H2. The topological polar surface area (TPSA) is 51.8 Å². The van der Waals surface area contributed by atoms with E-state index < -0.39 is 12.4 Å². The van der Waals surface area contributed by atoms with Gasteiger partial charge in [0.15, 0.2) is 6.29 Å². The number of hydrogen-bond acceptors (Lipinski definition) is 4. The molecule has 1 fully saturated rings. The summed E-state index contributed by atoms with van der Waals surface area (Å²) in [6.07, 6.45) is -0.907. The lowest BCUT2D eigenvalue weighted by atomic mass is 10.2. The maximum atomic E-state index is 13.0. The molecule has 2 aromatic rings. The molecule has 2 heterocycles. The second kappa shape index (κ2) is 4.68. The fourth-order valence-electron chi connectivity index (χ4n) is 2.04. The first-order valence-corrected chi connectivity index (χ1v) is 5.82. The van der Waals surface area contributed by atoms with Crippen LogP contribution < -0.4 is 0 Å². The molecule has 1 saturated heterocycles. The van der Waals surface area contributed by atoms with Gasteiger partial charge in [0, 0.05) is 11.8 Å². The number of ether oxygens (including phenoxy) is 2. The molecule has 0 amide bonds. The van der Waals surface area contributed by atoms with Crippen LogP contribution in [0.5, 0.6) is 0 Å². The van der Waals surface area contributed by atoms with E-state index in [4.69, 9.17) is 13.9 Å². The summed E-state index contributed by atoms with van der Waals surface area (Å²) >= 11 is 0. The van der Waals surface area contributed by atoms with E-state index in [1.165, 1.54) is 12.1 Å². The lowest BCUT2D eigenvalue weighted by molar-refractivity contribution is -0.0734. The summed E-state index contributed by atoms with van der Waals surface area (Å²) in [4.78, 5) is 0. The van der Waals surface area contributed by atoms with Gasteiger partial charge in [0.2, 0.25) is 0 Å². The van der Waals surface area contributed by atoms with E-state index in [2.05, 4.69) is 0 Å². The van der Waals surface area contributed by atoms with Gasteiger partial charge in [0.05, 0.1) is 13.2 Å². The molecule has 1 aromatic heterocycles. The predicted molar refractivity (Wildman–Crippen MR) is 61.4 cm³/mol. The zero-order chi connectivity index (χ0) is 12.5. The minimum atomic E-state index is -0.816. The van der Waals surface area contributed by atoms with Crippen LogP contribution in [0.3, 0.4) is 0 Å². The molecule has 4 nitrogen and oxygen atoms in total. The third kappa shape index (κ3) is 2.25. The molecule has 0 bridgehead atoms. The second-order valence-corrected chi connectivity index (χ2v) is 4.25. The van der Waals surface area contributed by atoms with Crippen LogP contribution in [0, 0.1) is 5.82 Å². The molecule has 0 radical (unpaired) electrons. The zero-order valence-electron chi connectivity index (χ0n) is 9.64. The Hall–Kier alpha value is -1.43. The van der Waals surface area contributed by atoms with Crippen LogP contribution in [0.4, 0.5) is 4.39 Å². The highest BCUT2D eigenvalue weighted by atomic mass is 19.1. The van der Waals surface area contributed by atoms with Crippen LogP contribution in [-0.4, -0.2) is 24.6 Å². The van der Waals surface area contributed by atoms with Crippen molar-refractivity contribution < 1.29 is 23.4 Å². The molecular weight excluding hydrogens is 239 g/mol. The number of furan rings is 1. The van der Waals surface area contributed by atoms with Gasteiger partial charge in [0.1, 0.15) is 23.3 Å². The molecule has 3 rings (SSSR count). The molecule has 0 saturated carbocycles. The normalized spacial score (nSPS) is 18.6. The lowest BCUT2D eigenvalue weighted by Gasteiger charge is -2.12. The van der Waals surface area contributed by atoms with Gasteiger partial charge in [-0.25, -0.2) is 4.39 Å². The minimum Gasteiger partial charge on any atom is -0.458 e. The Bertz CT molecular complexity index is 545. The van der Waals surface area contributed by atoms with Gasteiger partial charge in [-0.15, -0.1) is 0 Å². The summed E-state index contributed by atoms with van der Waals surface area (Å²) in [6, 6.07) is 5.88. The van der Waals surface area contributed by atoms with Gasteiger partial charge >= 0.3 is 0 Å². The fourth-order valence-corrected chi connectivity index (χ4v) is 2.04. The van der Waals surface area contributed by atoms with Crippen LogP contribution in [0.1, 0.15) is 18.3 Å². The highest BCUT2D eigenvalue weighted by Crippen LogP contribution is 2.28. The lowest BCUT2D eigenvalue weighted by Crippen LogP contribution is -2.12. The van der Waals surface area contributed by atoms with Gasteiger partial charge < -0.3 is 19.0 Å². The molecule has 1 aromatic carbocycles. The molecule has 0 spiro atoms. The number of benzene rings is 1. The molecular formula is C13H13FO4. The van der Waals surface area contributed by atoms with Gasteiger partial charge in [0.25, 0.3) is 0 Å². The fraction of sp³-hybridized carbons (Fsp3) is 0.385. The van der Waals surface area contributed by atoms with Crippen LogP contribution in [-0.2, 0) is 9.47 Å². The van der Waals surface area contributed by atoms with E-state index in [9.17, 15) is 9.50 Å². The first kappa shape index (κ1) is 11.6. The Morgan fingerprint density at radius 3 is 2.83 bits per heavy atom. The zero-order valence-corrected chi connectivity index (χ0v) is 9.64. The molecule has 96 valence electrons. The smallest absolute Gasteiger partial charge is 0.160 e. The van der Waals surface area contributed by atoms with Crippen molar-refractivity contribution in [1.29, 1.82) is 0 Å². The summed E-state index contributed by atoms with van der Waals surface area (Å²) in [5.41, 5.74) is 0.554. The Morgan fingerprint density at radius 2 is 2.06 bits per heavy atom. The van der Waals surface area contributed by atoms with Gasteiger partial charge in [-0.05, 0) is 24.3 Å². The third-order valence-electron chi connectivity index (χ3n) is 2.93. The average Bonchev–Trinajstić information content (AvgIpc) is 2.96. The van der Waals surface area contributed by atoms with Gasteiger partial charge in [-0.1, -0.05) is 0 Å². The van der Waals surface area contributed by atoms with Crippen molar-refractivity contribution in [3.63, 3.8) is 0 Å². The molecule has 1 aliphatic heterocycles. The average molecular weight is 252 g/mol. The number of aliphatic hydroxyl groups excluding tert-OH is 1. The van der Waals surface area contributed by atoms with Crippen LogP contribution in [0.2, 0.25) is 0 Å². The number of hydrogen-bond donors (Lipinski definition) is 1. The molecule has 0 aliphatic carbocycles. The molecule has 1 aliphatic rings. The third-order valence-corrected chi connectivity index (χ3v) is 2.93. The van der Waals surface area contributed by atoms with E-state index >= 15 is 0 Å². The Balaban J connectivity index is 1.80. The van der Waals surface area contributed by atoms with E-state index in [1.807, 2.05) is 0 Å². The number of aliphatic hydroxyl groups is 1. The van der Waals surface area contributed by atoms with Crippen molar-refractivity contribution in [3.8, 4) is 0 Å². The maximum absolute atomic E-state index is 13.0. The quantitative estimate of drug-likeness (QED) is 0.911. The highest BCUT2D eigenvalue weighted by Gasteiger charge is 2.23. The van der Waals surface area contributed by atoms with Crippen molar-refractivity contribution >= 4 is 11.0 Å². The van der Waals surface area contributed by atoms with E-state index in [0.717, 1.165) is 0 Å². The molecule has 1 unspecified atom stereocenters. The first-order chi connectivity index (χ1) is 8.72. The maximum Gasteiger partial charge on any atom is 0.160 e. The first-order valence-electron chi connectivity index (χ1n) is 5.82. The van der Waals surface area contributed by atoms with Crippen LogP contribution in [0.25, 0.3) is 11.0 Å². The molecule has 1 atom stereocenters. The van der Waals surface area contributed by atoms with Crippen molar-refractivity contribution in [3.05, 3.63) is 35.8 Å². The van der Waals surface area contributed by atoms with Crippen LogP contribution >= 0.6 is 0 Å². The van der Waals surface area contributed by atoms with Crippen molar-refractivity contribution in [2.24, 2.45) is 0 Å². The van der Waals surface area contributed by atoms with Crippen LogP contribution in [0.15, 0.2) is 28.7 Å².